The molecule has 1 aromatic heterocycles. The molecule has 1 unspecified atom stereocenters. The van der Waals surface area contributed by atoms with Crippen molar-refractivity contribution >= 4 is 11.3 Å². The fraction of sp³-hybridized carbons (Fsp3) is 0.750. The fourth-order valence-corrected chi connectivity index (χ4v) is 2.13. The highest BCUT2D eigenvalue weighted by atomic mass is 32.1. The minimum absolute atomic E-state index is 0.629. The van der Waals surface area contributed by atoms with E-state index in [1.165, 1.54) is 37.0 Å². The van der Waals surface area contributed by atoms with Gasteiger partial charge in [0.05, 0.1) is 5.51 Å². The molecule has 1 atom stereocenters. The van der Waals surface area contributed by atoms with Crippen LogP contribution in [0.2, 0.25) is 0 Å². The van der Waals surface area contributed by atoms with Crippen molar-refractivity contribution in [3.05, 3.63) is 16.6 Å². The molecule has 0 fully saturated rings. The molecule has 1 aromatic rings. The summed E-state index contributed by atoms with van der Waals surface area (Å²) in [6.07, 6.45) is 8.66. The van der Waals surface area contributed by atoms with Crippen molar-refractivity contribution in [2.24, 2.45) is 0 Å². The van der Waals surface area contributed by atoms with Gasteiger partial charge in [0.1, 0.15) is 0 Å². The standard InChI is InChI=1S/C12H22N2S/c1-3-4-5-6-7-11(2)14-9-12-8-13-10-15-12/h8,10-11,14H,3-7,9H2,1-2H3. The predicted molar refractivity (Wildman–Crippen MR) is 67.2 cm³/mol. The summed E-state index contributed by atoms with van der Waals surface area (Å²) in [5, 5.41) is 3.53. The van der Waals surface area contributed by atoms with Crippen LogP contribution >= 0.6 is 11.3 Å². The summed E-state index contributed by atoms with van der Waals surface area (Å²) in [7, 11) is 0. The molecule has 0 bridgehead atoms. The minimum atomic E-state index is 0.629. The van der Waals surface area contributed by atoms with Crippen molar-refractivity contribution in [2.45, 2.75) is 58.5 Å². The Labute approximate surface area is 97.1 Å². The lowest BCUT2D eigenvalue weighted by atomic mass is 10.1. The summed E-state index contributed by atoms with van der Waals surface area (Å²) in [6.45, 7) is 5.50. The van der Waals surface area contributed by atoms with Gasteiger partial charge in [-0.3, -0.25) is 4.98 Å². The predicted octanol–water partition coefficient (Wildman–Crippen LogP) is 3.59. The normalized spacial score (nSPS) is 12.9. The summed E-state index contributed by atoms with van der Waals surface area (Å²) in [5.74, 6) is 0. The number of hydrogen-bond acceptors (Lipinski definition) is 3. The number of nitrogens with zero attached hydrogens (tertiary/aromatic N) is 1. The highest BCUT2D eigenvalue weighted by molar-refractivity contribution is 7.09. The summed E-state index contributed by atoms with van der Waals surface area (Å²) in [4.78, 5) is 5.39. The molecule has 3 heteroatoms. The van der Waals surface area contributed by atoms with Gasteiger partial charge in [-0.05, 0) is 13.3 Å². The number of nitrogens with one attached hydrogen (secondary N) is 1. The smallest absolute Gasteiger partial charge is 0.0794 e. The van der Waals surface area contributed by atoms with E-state index in [0.717, 1.165) is 6.54 Å². The maximum Gasteiger partial charge on any atom is 0.0794 e. The van der Waals surface area contributed by atoms with Gasteiger partial charge in [0.25, 0.3) is 0 Å². The Morgan fingerprint density at radius 3 is 2.93 bits per heavy atom. The van der Waals surface area contributed by atoms with E-state index in [2.05, 4.69) is 24.1 Å². The molecule has 0 aliphatic heterocycles. The first-order valence-electron chi connectivity index (χ1n) is 5.93. The number of aromatic nitrogens is 1. The molecular formula is C12H22N2S. The molecule has 1 rings (SSSR count). The van der Waals surface area contributed by atoms with Crippen molar-refractivity contribution in [1.29, 1.82) is 0 Å². The van der Waals surface area contributed by atoms with Crippen molar-refractivity contribution in [3.8, 4) is 0 Å². The average Bonchev–Trinajstić information content (AvgIpc) is 2.74. The first kappa shape index (κ1) is 12.7. The Kier molecular flexibility index (Phi) is 6.60. The molecule has 0 amide bonds. The zero-order valence-electron chi connectivity index (χ0n) is 9.83. The van der Waals surface area contributed by atoms with Crippen LogP contribution in [0.1, 0.15) is 50.8 Å². The number of hydrogen-bond donors (Lipinski definition) is 1. The molecule has 86 valence electrons. The fourth-order valence-electron chi connectivity index (χ4n) is 1.58. The second-order valence-corrected chi connectivity index (χ2v) is 5.07. The minimum Gasteiger partial charge on any atom is -0.309 e. The summed E-state index contributed by atoms with van der Waals surface area (Å²) < 4.78 is 0. The van der Waals surface area contributed by atoms with E-state index >= 15 is 0 Å². The molecule has 0 saturated heterocycles. The Morgan fingerprint density at radius 2 is 2.27 bits per heavy atom. The molecule has 0 aromatic carbocycles. The van der Waals surface area contributed by atoms with Crippen LogP contribution in [0.15, 0.2) is 11.7 Å². The highest BCUT2D eigenvalue weighted by Crippen LogP contribution is 2.08. The molecule has 1 N–H and O–H groups in total. The average molecular weight is 226 g/mol. The van der Waals surface area contributed by atoms with Gasteiger partial charge in [-0.15, -0.1) is 11.3 Å². The van der Waals surface area contributed by atoms with E-state index in [-0.39, 0.29) is 0 Å². The van der Waals surface area contributed by atoms with E-state index < -0.39 is 0 Å². The zero-order chi connectivity index (χ0) is 10.9. The summed E-state index contributed by atoms with van der Waals surface area (Å²) in [5.41, 5.74) is 1.89. The van der Waals surface area contributed by atoms with Gasteiger partial charge in [0.15, 0.2) is 0 Å². The molecule has 0 aliphatic carbocycles. The summed E-state index contributed by atoms with van der Waals surface area (Å²) in [6, 6.07) is 0.629. The van der Waals surface area contributed by atoms with Crippen molar-refractivity contribution in [2.75, 3.05) is 0 Å². The van der Waals surface area contributed by atoms with E-state index in [1.54, 1.807) is 11.3 Å². The Bertz CT molecular complexity index is 234. The zero-order valence-corrected chi connectivity index (χ0v) is 10.6. The number of rotatable bonds is 8. The van der Waals surface area contributed by atoms with Crippen LogP contribution in [-0.2, 0) is 6.54 Å². The van der Waals surface area contributed by atoms with Crippen molar-refractivity contribution in [1.82, 2.24) is 10.3 Å². The van der Waals surface area contributed by atoms with Gasteiger partial charge < -0.3 is 5.32 Å². The molecule has 2 nitrogen and oxygen atoms in total. The second kappa shape index (κ2) is 7.83. The van der Waals surface area contributed by atoms with Gasteiger partial charge in [-0.1, -0.05) is 32.6 Å². The van der Waals surface area contributed by atoms with Gasteiger partial charge >= 0.3 is 0 Å². The molecule has 15 heavy (non-hydrogen) atoms. The lowest BCUT2D eigenvalue weighted by Gasteiger charge is -2.12. The van der Waals surface area contributed by atoms with Crippen LogP contribution in [0, 0.1) is 0 Å². The monoisotopic (exact) mass is 226 g/mol. The van der Waals surface area contributed by atoms with Gasteiger partial charge in [-0.2, -0.15) is 0 Å². The third kappa shape index (κ3) is 5.90. The van der Waals surface area contributed by atoms with Crippen LogP contribution in [0.3, 0.4) is 0 Å². The van der Waals surface area contributed by atoms with Crippen LogP contribution in [0.4, 0.5) is 0 Å². The van der Waals surface area contributed by atoms with Crippen molar-refractivity contribution < 1.29 is 0 Å². The second-order valence-electron chi connectivity index (χ2n) is 4.10. The van der Waals surface area contributed by atoms with E-state index in [9.17, 15) is 0 Å². The largest absolute Gasteiger partial charge is 0.309 e. The van der Waals surface area contributed by atoms with Crippen molar-refractivity contribution in [3.63, 3.8) is 0 Å². The first-order chi connectivity index (χ1) is 7.33. The van der Waals surface area contributed by atoms with Gasteiger partial charge in [0, 0.05) is 23.7 Å². The van der Waals surface area contributed by atoms with Crippen LogP contribution < -0.4 is 5.32 Å². The molecule has 0 spiro atoms. The quantitative estimate of drug-likeness (QED) is 0.685. The lowest BCUT2D eigenvalue weighted by Crippen LogP contribution is -2.24. The molecule has 0 saturated carbocycles. The maximum atomic E-state index is 4.07. The molecular weight excluding hydrogens is 204 g/mol. The molecule has 0 aliphatic rings. The van der Waals surface area contributed by atoms with E-state index in [4.69, 9.17) is 0 Å². The van der Waals surface area contributed by atoms with E-state index in [0.29, 0.717) is 6.04 Å². The topological polar surface area (TPSA) is 24.9 Å². The molecule has 1 heterocycles. The third-order valence-corrected chi connectivity index (χ3v) is 3.38. The van der Waals surface area contributed by atoms with Crippen LogP contribution in [-0.4, -0.2) is 11.0 Å². The Morgan fingerprint density at radius 1 is 1.40 bits per heavy atom. The SMILES string of the molecule is CCCCCCC(C)NCc1cncs1. The molecule has 0 radical (unpaired) electrons. The summed E-state index contributed by atoms with van der Waals surface area (Å²) >= 11 is 1.72. The van der Waals surface area contributed by atoms with E-state index in [1.807, 2.05) is 11.7 Å². The third-order valence-electron chi connectivity index (χ3n) is 2.60. The number of unbranched alkanes of at least 4 members (excludes halogenated alkanes) is 3. The first-order valence-corrected chi connectivity index (χ1v) is 6.81. The number of thiazole rings is 1. The lowest BCUT2D eigenvalue weighted by molar-refractivity contribution is 0.484. The van der Waals surface area contributed by atoms with Crippen LogP contribution in [0.25, 0.3) is 0 Å². The van der Waals surface area contributed by atoms with Crippen LogP contribution in [0.5, 0.6) is 0 Å². The van der Waals surface area contributed by atoms with Gasteiger partial charge in [0.2, 0.25) is 0 Å². The Balaban J connectivity index is 2.01. The van der Waals surface area contributed by atoms with Gasteiger partial charge in [-0.25, -0.2) is 0 Å². The maximum absolute atomic E-state index is 4.07. The Hall–Kier alpha value is -0.410. The highest BCUT2D eigenvalue weighted by Gasteiger charge is 2.01.